The minimum absolute atomic E-state index is 0.0440. The fourth-order valence-corrected chi connectivity index (χ4v) is 1.77. The molecule has 1 aliphatic heterocycles. The van der Waals surface area contributed by atoms with Crippen molar-refractivity contribution >= 4 is 12.0 Å². The molecule has 0 saturated carbocycles. The number of hydrogen-bond donors (Lipinski definition) is 3. The quantitative estimate of drug-likeness (QED) is 0.616. The van der Waals surface area contributed by atoms with E-state index in [0.29, 0.717) is 39.3 Å². The highest BCUT2D eigenvalue weighted by Gasteiger charge is 2.16. The van der Waals surface area contributed by atoms with E-state index in [2.05, 4.69) is 10.6 Å². The Morgan fingerprint density at radius 2 is 2.16 bits per heavy atom. The molecule has 0 aromatic carbocycles. The van der Waals surface area contributed by atoms with Gasteiger partial charge >= 0.3 is 12.0 Å². The van der Waals surface area contributed by atoms with Crippen LogP contribution in [0.3, 0.4) is 0 Å². The van der Waals surface area contributed by atoms with Gasteiger partial charge in [0.2, 0.25) is 0 Å². The Hall–Kier alpha value is -1.34. The van der Waals surface area contributed by atoms with Crippen LogP contribution in [0.25, 0.3) is 0 Å². The zero-order chi connectivity index (χ0) is 14.1. The molecule has 0 radical (unpaired) electrons. The van der Waals surface area contributed by atoms with Crippen LogP contribution < -0.4 is 10.6 Å². The number of aliphatic carboxylic acids is 1. The zero-order valence-electron chi connectivity index (χ0n) is 11.2. The number of amides is 2. The van der Waals surface area contributed by atoms with Crippen molar-refractivity contribution in [1.29, 1.82) is 0 Å². The molecule has 110 valence electrons. The van der Waals surface area contributed by atoms with Gasteiger partial charge in [0.25, 0.3) is 0 Å². The van der Waals surface area contributed by atoms with E-state index in [1.165, 1.54) is 0 Å². The summed E-state index contributed by atoms with van der Waals surface area (Å²) in [6.45, 7) is 4.27. The van der Waals surface area contributed by atoms with Gasteiger partial charge in [-0.15, -0.1) is 0 Å². The molecule has 2 amide bonds. The predicted molar refractivity (Wildman–Crippen MR) is 68.0 cm³/mol. The molecule has 0 bridgehead atoms. The molecule has 1 saturated heterocycles. The van der Waals surface area contributed by atoms with Crippen molar-refractivity contribution < 1.29 is 24.2 Å². The molecular weight excluding hydrogens is 252 g/mol. The minimum Gasteiger partial charge on any atom is -0.481 e. The standard InChI is InChI=1S/C12H22N2O5/c1-2-9(5-11(15)16)6-13-12(17)14-7-10-8-18-3-4-19-10/h9-10H,2-8H2,1H3,(H,15,16)(H2,13,14,17). The first-order valence-corrected chi connectivity index (χ1v) is 6.54. The third-order valence-corrected chi connectivity index (χ3v) is 2.97. The lowest BCUT2D eigenvalue weighted by Crippen LogP contribution is -2.44. The second-order valence-electron chi connectivity index (χ2n) is 4.53. The highest BCUT2D eigenvalue weighted by molar-refractivity contribution is 5.74. The largest absolute Gasteiger partial charge is 0.481 e. The molecule has 1 fully saturated rings. The van der Waals surface area contributed by atoms with E-state index in [0.717, 1.165) is 0 Å². The summed E-state index contributed by atoms with van der Waals surface area (Å²) in [6, 6.07) is -0.307. The molecular formula is C12H22N2O5. The van der Waals surface area contributed by atoms with Crippen molar-refractivity contribution in [2.75, 3.05) is 32.9 Å². The summed E-state index contributed by atoms with van der Waals surface area (Å²) in [6.07, 6.45) is 0.670. The number of carboxylic acid groups (broad SMARTS) is 1. The smallest absolute Gasteiger partial charge is 0.314 e. The average Bonchev–Trinajstić information content (AvgIpc) is 2.42. The Balaban J connectivity index is 2.13. The number of carbonyl (C=O) groups is 2. The van der Waals surface area contributed by atoms with Crippen LogP contribution >= 0.6 is 0 Å². The van der Waals surface area contributed by atoms with Gasteiger partial charge < -0.3 is 25.2 Å². The number of ether oxygens (including phenoxy) is 2. The maximum Gasteiger partial charge on any atom is 0.314 e. The van der Waals surface area contributed by atoms with Gasteiger partial charge in [-0.25, -0.2) is 4.79 Å². The lowest BCUT2D eigenvalue weighted by atomic mass is 10.0. The predicted octanol–water partition coefficient (Wildman–Crippen LogP) is 0.202. The third kappa shape index (κ3) is 6.97. The molecule has 2 atom stereocenters. The van der Waals surface area contributed by atoms with Gasteiger partial charge in [0, 0.05) is 19.5 Å². The molecule has 3 N–H and O–H groups in total. The van der Waals surface area contributed by atoms with Crippen LogP contribution in [0.15, 0.2) is 0 Å². The van der Waals surface area contributed by atoms with Gasteiger partial charge in [0.05, 0.1) is 25.9 Å². The lowest BCUT2D eigenvalue weighted by Gasteiger charge is -2.23. The summed E-state index contributed by atoms with van der Waals surface area (Å²) < 4.78 is 10.6. The van der Waals surface area contributed by atoms with E-state index in [1.807, 2.05) is 6.92 Å². The summed E-state index contributed by atoms with van der Waals surface area (Å²) in [7, 11) is 0. The fourth-order valence-electron chi connectivity index (χ4n) is 1.77. The highest BCUT2D eigenvalue weighted by atomic mass is 16.6. The van der Waals surface area contributed by atoms with Crippen molar-refractivity contribution in [2.45, 2.75) is 25.9 Å². The summed E-state index contributed by atoms with van der Waals surface area (Å²) >= 11 is 0. The Kier molecular flexibility index (Phi) is 7.20. The first-order chi connectivity index (χ1) is 9.11. The molecule has 0 aromatic rings. The molecule has 0 spiro atoms. The van der Waals surface area contributed by atoms with Gasteiger partial charge in [0.1, 0.15) is 0 Å². The molecule has 1 rings (SSSR count). The summed E-state index contributed by atoms with van der Waals surface area (Å²) in [5.74, 6) is -0.890. The molecule has 2 unspecified atom stereocenters. The molecule has 19 heavy (non-hydrogen) atoms. The average molecular weight is 274 g/mol. The van der Waals surface area contributed by atoms with E-state index in [4.69, 9.17) is 14.6 Å². The number of rotatable bonds is 7. The third-order valence-electron chi connectivity index (χ3n) is 2.97. The maximum atomic E-state index is 11.5. The molecule has 1 heterocycles. The van der Waals surface area contributed by atoms with Crippen LogP contribution in [0.5, 0.6) is 0 Å². The highest BCUT2D eigenvalue weighted by Crippen LogP contribution is 2.06. The first-order valence-electron chi connectivity index (χ1n) is 6.54. The number of carbonyl (C=O) groups excluding carboxylic acids is 1. The van der Waals surface area contributed by atoms with E-state index in [-0.39, 0.29) is 24.5 Å². The number of urea groups is 1. The number of hydrogen-bond acceptors (Lipinski definition) is 4. The lowest BCUT2D eigenvalue weighted by molar-refractivity contribution is -0.138. The Morgan fingerprint density at radius 1 is 1.37 bits per heavy atom. The van der Waals surface area contributed by atoms with Gasteiger partial charge in [-0.05, 0) is 5.92 Å². The van der Waals surface area contributed by atoms with Crippen molar-refractivity contribution in [1.82, 2.24) is 10.6 Å². The van der Waals surface area contributed by atoms with Crippen molar-refractivity contribution in [3.63, 3.8) is 0 Å². The van der Waals surface area contributed by atoms with Gasteiger partial charge in [-0.3, -0.25) is 4.79 Å². The van der Waals surface area contributed by atoms with Crippen LogP contribution in [0.4, 0.5) is 4.79 Å². The molecule has 0 aliphatic carbocycles. The monoisotopic (exact) mass is 274 g/mol. The molecule has 7 heteroatoms. The Morgan fingerprint density at radius 3 is 2.74 bits per heavy atom. The van der Waals surface area contributed by atoms with Crippen LogP contribution in [-0.2, 0) is 14.3 Å². The van der Waals surface area contributed by atoms with Crippen LogP contribution in [0, 0.1) is 5.92 Å². The SMILES string of the molecule is CCC(CNC(=O)NCC1COCCO1)CC(=O)O. The van der Waals surface area contributed by atoms with E-state index < -0.39 is 5.97 Å². The van der Waals surface area contributed by atoms with Crippen LogP contribution in [0.1, 0.15) is 19.8 Å². The number of carboxylic acids is 1. The minimum atomic E-state index is -0.846. The van der Waals surface area contributed by atoms with Crippen molar-refractivity contribution in [3.8, 4) is 0 Å². The van der Waals surface area contributed by atoms with Crippen molar-refractivity contribution in [2.24, 2.45) is 5.92 Å². The normalized spacial score (nSPS) is 20.6. The fraction of sp³-hybridized carbons (Fsp3) is 0.833. The summed E-state index contributed by atoms with van der Waals surface area (Å²) in [5.41, 5.74) is 0. The Labute approximate surface area is 112 Å². The maximum absolute atomic E-state index is 11.5. The van der Waals surface area contributed by atoms with Gasteiger partial charge in [-0.2, -0.15) is 0 Å². The van der Waals surface area contributed by atoms with Gasteiger partial charge in [0.15, 0.2) is 0 Å². The summed E-state index contributed by atoms with van der Waals surface area (Å²) in [5, 5.41) is 14.0. The van der Waals surface area contributed by atoms with E-state index in [1.54, 1.807) is 0 Å². The van der Waals surface area contributed by atoms with Gasteiger partial charge in [-0.1, -0.05) is 13.3 Å². The van der Waals surface area contributed by atoms with Crippen LogP contribution in [0.2, 0.25) is 0 Å². The van der Waals surface area contributed by atoms with E-state index in [9.17, 15) is 9.59 Å². The second kappa shape index (κ2) is 8.71. The topological polar surface area (TPSA) is 96.9 Å². The van der Waals surface area contributed by atoms with Crippen LogP contribution in [-0.4, -0.2) is 56.1 Å². The second-order valence-corrected chi connectivity index (χ2v) is 4.53. The number of nitrogens with one attached hydrogen (secondary N) is 2. The summed E-state index contributed by atoms with van der Waals surface area (Å²) in [4.78, 5) is 22.1. The Bertz CT molecular complexity index is 292. The first kappa shape index (κ1) is 15.7. The van der Waals surface area contributed by atoms with E-state index >= 15 is 0 Å². The molecule has 0 aromatic heterocycles. The molecule has 7 nitrogen and oxygen atoms in total. The van der Waals surface area contributed by atoms with Crippen molar-refractivity contribution in [3.05, 3.63) is 0 Å². The zero-order valence-corrected chi connectivity index (χ0v) is 11.2. The molecule has 1 aliphatic rings.